The minimum absolute atomic E-state index is 0.0779. The van der Waals surface area contributed by atoms with Crippen molar-refractivity contribution in [1.29, 1.82) is 0 Å². The van der Waals surface area contributed by atoms with Crippen LogP contribution in [0.15, 0.2) is 54.6 Å². The Morgan fingerprint density at radius 2 is 1.77 bits per heavy atom. The average Bonchev–Trinajstić information content (AvgIpc) is 2.88. The van der Waals surface area contributed by atoms with Crippen molar-refractivity contribution in [3.8, 4) is 11.3 Å². The van der Waals surface area contributed by atoms with E-state index >= 15 is 0 Å². The van der Waals surface area contributed by atoms with Crippen molar-refractivity contribution in [2.75, 3.05) is 33.3 Å². The number of esters is 1. The van der Waals surface area contributed by atoms with Crippen molar-refractivity contribution in [2.24, 2.45) is 5.92 Å². The zero-order chi connectivity index (χ0) is 24.9. The number of fused-ring (bicyclic) bond motifs is 1. The van der Waals surface area contributed by atoms with E-state index in [0.29, 0.717) is 60.3 Å². The van der Waals surface area contributed by atoms with Crippen LogP contribution in [0.25, 0.3) is 22.2 Å². The highest BCUT2D eigenvalue weighted by atomic mass is 19.1. The number of likely N-dealkylation sites (N-methyl/N-ethyl adjacent to an activating group) is 1. The molecule has 0 radical (unpaired) electrons. The second-order valence-corrected chi connectivity index (χ2v) is 8.65. The van der Waals surface area contributed by atoms with Crippen molar-refractivity contribution in [3.63, 3.8) is 0 Å². The Morgan fingerprint density at radius 1 is 1.09 bits per heavy atom. The molecule has 182 valence electrons. The molecule has 7 nitrogen and oxygen atoms in total. The maximum absolute atomic E-state index is 13.4. The molecule has 2 heterocycles. The SMILES string of the molecule is CCOC(=O)C1CCN(C(=O)CN(C)C(=O)c2cc(-c3ccc(F)cc3)nc3ccccc23)CC1. The Kier molecular flexibility index (Phi) is 7.39. The highest BCUT2D eigenvalue weighted by Crippen LogP contribution is 2.26. The number of pyridine rings is 1. The van der Waals surface area contributed by atoms with E-state index in [4.69, 9.17) is 4.74 Å². The number of carbonyl (C=O) groups is 3. The highest BCUT2D eigenvalue weighted by Gasteiger charge is 2.29. The van der Waals surface area contributed by atoms with Crippen LogP contribution in [-0.4, -0.2) is 65.9 Å². The van der Waals surface area contributed by atoms with Gasteiger partial charge in [-0.2, -0.15) is 0 Å². The summed E-state index contributed by atoms with van der Waals surface area (Å²) in [7, 11) is 1.60. The molecular formula is C27H28FN3O4. The molecule has 0 saturated carbocycles. The summed E-state index contributed by atoms with van der Waals surface area (Å²) >= 11 is 0. The van der Waals surface area contributed by atoms with Crippen LogP contribution < -0.4 is 0 Å². The van der Waals surface area contributed by atoms with Crippen molar-refractivity contribution in [1.82, 2.24) is 14.8 Å². The topological polar surface area (TPSA) is 79.8 Å². The molecule has 0 unspecified atom stereocenters. The Balaban J connectivity index is 1.50. The first-order valence-electron chi connectivity index (χ1n) is 11.7. The van der Waals surface area contributed by atoms with Gasteiger partial charge < -0.3 is 14.5 Å². The minimum Gasteiger partial charge on any atom is -0.466 e. The summed E-state index contributed by atoms with van der Waals surface area (Å²) in [6, 6.07) is 14.9. The van der Waals surface area contributed by atoms with Gasteiger partial charge in [-0.3, -0.25) is 14.4 Å². The first-order chi connectivity index (χ1) is 16.9. The summed E-state index contributed by atoms with van der Waals surface area (Å²) in [5.41, 5.74) is 2.30. The quantitative estimate of drug-likeness (QED) is 0.503. The lowest BCUT2D eigenvalue weighted by atomic mass is 9.97. The molecular weight excluding hydrogens is 449 g/mol. The molecule has 8 heteroatoms. The van der Waals surface area contributed by atoms with Gasteiger partial charge in [-0.05, 0) is 56.2 Å². The summed E-state index contributed by atoms with van der Waals surface area (Å²) < 4.78 is 18.5. The number of hydrogen-bond donors (Lipinski definition) is 0. The lowest BCUT2D eigenvalue weighted by Gasteiger charge is -2.32. The van der Waals surface area contributed by atoms with E-state index in [0.717, 1.165) is 0 Å². The van der Waals surface area contributed by atoms with Gasteiger partial charge in [0, 0.05) is 31.1 Å². The van der Waals surface area contributed by atoms with E-state index in [9.17, 15) is 18.8 Å². The van der Waals surface area contributed by atoms with Gasteiger partial charge in [0.15, 0.2) is 0 Å². The van der Waals surface area contributed by atoms with Gasteiger partial charge in [0.2, 0.25) is 5.91 Å². The molecule has 3 aromatic rings. The van der Waals surface area contributed by atoms with Crippen LogP contribution in [-0.2, 0) is 14.3 Å². The Hall–Kier alpha value is -3.81. The van der Waals surface area contributed by atoms with Crippen LogP contribution in [0, 0.1) is 11.7 Å². The highest BCUT2D eigenvalue weighted by molar-refractivity contribution is 6.07. The third-order valence-electron chi connectivity index (χ3n) is 6.27. The monoisotopic (exact) mass is 477 g/mol. The van der Waals surface area contributed by atoms with Crippen LogP contribution in [0.2, 0.25) is 0 Å². The third-order valence-corrected chi connectivity index (χ3v) is 6.27. The number of rotatable bonds is 6. The lowest BCUT2D eigenvalue weighted by molar-refractivity contribution is -0.151. The van der Waals surface area contributed by atoms with Gasteiger partial charge in [-0.1, -0.05) is 18.2 Å². The Bertz CT molecular complexity index is 1240. The van der Waals surface area contributed by atoms with E-state index in [-0.39, 0.29) is 36.1 Å². The lowest BCUT2D eigenvalue weighted by Crippen LogP contribution is -2.45. The number of aromatic nitrogens is 1. The molecule has 0 atom stereocenters. The summed E-state index contributed by atoms with van der Waals surface area (Å²) in [6.45, 7) is 2.95. The van der Waals surface area contributed by atoms with E-state index in [1.54, 1.807) is 37.1 Å². The van der Waals surface area contributed by atoms with E-state index in [1.807, 2.05) is 24.3 Å². The van der Waals surface area contributed by atoms with Crippen LogP contribution in [0.3, 0.4) is 0 Å². The number of nitrogens with zero attached hydrogens (tertiary/aromatic N) is 3. The van der Waals surface area contributed by atoms with Gasteiger partial charge in [-0.15, -0.1) is 0 Å². The van der Waals surface area contributed by atoms with Crippen LogP contribution in [0.1, 0.15) is 30.1 Å². The largest absolute Gasteiger partial charge is 0.466 e. The number of amides is 2. The number of piperidine rings is 1. The first-order valence-corrected chi connectivity index (χ1v) is 11.7. The number of benzene rings is 2. The fourth-order valence-corrected chi connectivity index (χ4v) is 4.33. The number of halogens is 1. The predicted molar refractivity (Wildman–Crippen MR) is 130 cm³/mol. The molecule has 0 N–H and O–H groups in total. The zero-order valence-corrected chi connectivity index (χ0v) is 19.9. The van der Waals surface area contributed by atoms with Crippen LogP contribution in [0.5, 0.6) is 0 Å². The number of likely N-dealkylation sites (tertiary alicyclic amines) is 1. The van der Waals surface area contributed by atoms with Crippen molar-refractivity contribution < 1.29 is 23.5 Å². The molecule has 1 aromatic heterocycles. The van der Waals surface area contributed by atoms with Gasteiger partial charge >= 0.3 is 5.97 Å². The maximum atomic E-state index is 13.4. The molecule has 2 amide bonds. The van der Waals surface area contributed by atoms with Gasteiger partial charge in [0.25, 0.3) is 5.91 Å². The molecule has 1 fully saturated rings. The molecule has 0 bridgehead atoms. The number of carbonyl (C=O) groups excluding carboxylic acids is 3. The molecule has 1 aliphatic heterocycles. The smallest absolute Gasteiger partial charge is 0.309 e. The molecule has 35 heavy (non-hydrogen) atoms. The fourth-order valence-electron chi connectivity index (χ4n) is 4.33. The first kappa shape index (κ1) is 24.3. The minimum atomic E-state index is -0.352. The maximum Gasteiger partial charge on any atom is 0.309 e. The molecule has 1 saturated heterocycles. The Morgan fingerprint density at radius 3 is 2.46 bits per heavy atom. The second kappa shape index (κ2) is 10.6. The standard InChI is InChI=1S/C27H28FN3O4/c1-3-35-27(34)19-12-14-31(15-13-19)25(32)17-30(2)26(33)22-16-24(18-8-10-20(28)11-9-18)29-23-7-5-4-6-21(22)23/h4-11,16,19H,3,12-15,17H2,1-2H3. The fraction of sp³-hybridized carbons (Fsp3) is 0.333. The zero-order valence-electron chi connectivity index (χ0n) is 19.9. The van der Waals surface area contributed by atoms with Crippen molar-refractivity contribution >= 4 is 28.7 Å². The molecule has 0 aliphatic carbocycles. The van der Waals surface area contributed by atoms with E-state index in [2.05, 4.69) is 4.98 Å². The van der Waals surface area contributed by atoms with E-state index in [1.165, 1.54) is 17.0 Å². The molecule has 1 aliphatic rings. The van der Waals surface area contributed by atoms with Gasteiger partial charge in [-0.25, -0.2) is 9.37 Å². The summed E-state index contributed by atoms with van der Waals surface area (Å²) in [4.78, 5) is 46.0. The van der Waals surface area contributed by atoms with Crippen molar-refractivity contribution in [2.45, 2.75) is 19.8 Å². The number of ether oxygens (including phenoxy) is 1. The number of hydrogen-bond acceptors (Lipinski definition) is 5. The van der Waals surface area contributed by atoms with Crippen LogP contribution >= 0.6 is 0 Å². The van der Waals surface area contributed by atoms with E-state index < -0.39 is 0 Å². The van der Waals surface area contributed by atoms with Gasteiger partial charge in [0.1, 0.15) is 5.82 Å². The molecule has 0 spiro atoms. The summed E-state index contributed by atoms with van der Waals surface area (Å²) in [5, 5.41) is 0.679. The Labute approximate surface area is 203 Å². The normalized spacial score (nSPS) is 14.1. The van der Waals surface area contributed by atoms with Crippen LogP contribution in [0.4, 0.5) is 4.39 Å². The average molecular weight is 478 g/mol. The molecule has 4 rings (SSSR count). The third kappa shape index (κ3) is 5.48. The van der Waals surface area contributed by atoms with Crippen molar-refractivity contribution in [3.05, 3.63) is 66.0 Å². The second-order valence-electron chi connectivity index (χ2n) is 8.65. The number of para-hydroxylation sites is 1. The summed E-state index contributed by atoms with van der Waals surface area (Å²) in [6.07, 6.45) is 1.11. The van der Waals surface area contributed by atoms with Gasteiger partial charge in [0.05, 0.1) is 35.8 Å². The predicted octanol–water partition coefficient (Wildman–Crippen LogP) is 3.91. The summed E-state index contributed by atoms with van der Waals surface area (Å²) in [5.74, 6) is -1.22. The molecule has 2 aromatic carbocycles.